The van der Waals surface area contributed by atoms with Gasteiger partial charge in [-0.25, -0.2) is 0 Å². The summed E-state index contributed by atoms with van der Waals surface area (Å²) in [5, 5.41) is -0.290. The molecule has 6 heteroatoms. The highest BCUT2D eigenvalue weighted by atomic mass is 35.5. The smallest absolute Gasteiger partial charge is 0.324 e. The van der Waals surface area contributed by atoms with Crippen molar-refractivity contribution >= 4 is 24.0 Å². The molecule has 0 spiro atoms. The third-order valence-electron chi connectivity index (χ3n) is 2.78. The first-order valence-corrected chi connectivity index (χ1v) is 6.22. The molecule has 0 amide bonds. The Balaban J connectivity index is 0.00000324. The molecule has 0 aliphatic heterocycles. The van der Waals surface area contributed by atoms with Crippen LogP contribution < -0.4 is 5.73 Å². The van der Waals surface area contributed by atoms with Gasteiger partial charge in [0.1, 0.15) is 0 Å². The number of halogens is 5. The Labute approximate surface area is 122 Å². The van der Waals surface area contributed by atoms with Gasteiger partial charge in [-0.3, -0.25) is 0 Å². The van der Waals surface area contributed by atoms with E-state index in [2.05, 4.69) is 13.8 Å². The largest absolute Gasteiger partial charge is 0.417 e. The monoisotopic (exact) mass is 315 g/mol. The van der Waals surface area contributed by atoms with E-state index in [4.69, 9.17) is 17.3 Å². The van der Waals surface area contributed by atoms with Crippen LogP contribution in [0.5, 0.6) is 0 Å². The van der Waals surface area contributed by atoms with Crippen LogP contribution in [0, 0.1) is 5.92 Å². The molecule has 0 aromatic heterocycles. The summed E-state index contributed by atoms with van der Waals surface area (Å²) in [5.74, 6) is 0.477. The number of nitrogens with two attached hydrogens (primary N) is 1. The average Bonchev–Trinajstić information content (AvgIpc) is 2.24. The van der Waals surface area contributed by atoms with E-state index >= 15 is 0 Å². The van der Waals surface area contributed by atoms with Crippen LogP contribution in [0.2, 0.25) is 5.02 Å². The van der Waals surface area contributed by atoms with Gasteiger partial charge in [0, 0.05) is 6.04 Å². The van der Waals surface area contributed by atoms with Crippen molar-refractivity contribution in [3.05, 3.63) is 34.3 Å². The normalized spacial score (nSPS) is 13.3. The molecule has 0 aliphatic rings. The van der Waals surface area contributed by atoms with Gasteiger partial charge in [-0.05, 0) is 36.5 Å². The van der Waals surface area contributed by atoms with E-state index in [9.17, 15) is 13.2 Å². The fourth-order valence-electron chi connectivity index (χ4n) is 1.67. The molecule has 0 fully saturated rings. The molecule has 1 rings (SSSR count). The topological polar surface area (TPSA) is 26.0 Å². The van der Waals surface area contributed by atoms with Crippen LogP contribution in [-0.2, 0) is 6.18 Å². The highest BCUT2D eigenvalue weighted by Crippen LogP contribution is 2.36. The van der Waals surface area contributed by atoms with Gasteiger partial charge in [0.25, 0.3) is 0 Å². The van der Waals surface area contributed by atoms with Crippen LogP contribution in [0.3, 0.4) is 0 Å². The Kier molecular flexibility index (Phi) is 7.19. The molecule has 0 bridgehead atoms. The molecule has 19 heavy (non-hydrogen) atoms. The van der Waals surface area contributed by atoms with Gasteiger partial charge in [0.2, 0.25) is 0 Å². The van der Waals surface area contributed by atoms with Crippen molar-refractivity contribution in [3.8, 4) is 0 Å². The Hall–Kier alpha value is -0.450. The fourth-order valence-corrected chi connectivity index (χ4v) is 1.90. The SMILES string of the molecule is CC(C)CC[C@H](N)c1ccc(Cl)c(C(F)(F)F)c1.Cl. The van der Waals surface area contributed by atoms with E-state index in [0.717, 1.165) is 12.5 Å². The van der Waals surface area contributed by atoms with E-state index in [1.54, 1.807) is 6.07 Å². The lowest BCUT2D eigenvalue weighted by molar-refractivity contribution is -0.137. The summed E-state index contributed by atoms with van der Waals surface area (Å²) in [6.07, 6.45) is -2.90. The maximum absolute atomic E-state index is 12.7. The Morgan fingerprint density at radius 2 is 1.79 bits per heavy atom. The summed E-state index contributed by atoms with van der Waals surface area (Å²) in [6.45, 7) is 4.10. The zero-order valence-corrected chi connectivity index (χ0v) is 12.4. The van der Waals surface area contributed by atoms with Gasteiger partial charge in [0.05, 0.1) is 10.6 Å². The first-order valence-electron chi connectivity index (χ1n) is 5.84. The highest BCUT2D eigenvalue weighted by Gasteiger charge is 2.33. The second kappa shape index (κ2) is 7.36. The molecule has 1 aromatic carbocycles. The van der Waals surface area contributed by atoms with Gasteiger partial charge in [-0.2, -0.15) is 13.2 Å². The minimum absolute atomic E-state index is 0. The van der Waals surface area contributed by atoms with E-state index in [1.807, 2.05) is 0 Å². The maximum Gasteiger partial charge on any atom is 0.417 e. The molecule has 0 saturated heterocycles. The Morgan fingerprint density at radius 1 is 1.21 bits per heavy atom. The molecule has 0 saturated carbocycles. The summed E-state index contributed by atoms with van der Waals surface area (Å²) in [4.78, 5) is 0. The van der Waals surface area contributed by atoms with E-state index in [1.165, 1.54) is 6.07 Å². The summed E-state index contributed by atoms with van der Waals surface area (Å²) < 4.78 is 38.0. The predicted octanol–water partition coefficient (Wildman–Crippen LogP) is 5.22. The van der Waals surface area contributed by atoms with Crippen LogP contribution in [0.1, 0.15) is 43.9 Å². The van der Waals surface area contributed by atoms with Gasteiger partial charge in [0.15, 0.2) is 0 Å². The van der Waals surface area contributed by atoms with Crippen molar-refractivity contribution in [1.29, 1.82) is 0 Å². The average molecular weight is 316 g/mol. The zero-order chi connectivity index (χ0) is 13.9. The molecule has 0 unspecified atom stereocenters. The summed E-state index contributed by atoms with van der Waals surface area (Å²) >= 11 is 5.55. The number of alkyl halides is 3. The summed E-state index contributed by atoms with van der Waals surface area (Å²) in [5.41, 5.74) is 5.56. The van der Waals surface area contributed by atoms with Gasteiger partial charge >= 0.3 is 6.18 Å². The van der Waals surface area contributed by atoms with E-state index < -0.39 is 11.7 Å². The summed E-state index contributed by atoms with van der Waals surface area (Å²) in [6, 6.07) is 3.48. The third-order valence-corrected chi connectivity index (χ3v) is 3.11. The van der Waals surface area contributed by atoms with Crippen molar-refractivity contribution in [3.63, 3.8) is 0 Å². The molecule has 2 N–H and O–H groups in total. The van der Waals surface area contributed by atoms with Crippen molar-refractivity contribution in [1.82, 2.24) is 0 Å². The van der Waals surface area contributed by atoms with E-state index in [0.29, 0.717) is 17.9 Å². The van der Waals surface area contributed by atoms with Crippen LogP contribution in [0.25, 0.3) is 0 Å². The van der Waals surface area contributed by atoms with E-state index in [-0.39, 0.29) is 23.5 Å². The maximum atomic E-state index is 12.7. The first-order chi connectivity index (χ1) is 8.21. The quantitative estimate of drug-likeness (QED) is 0.810. The van der Waals surface area contributed by atoms with Gasteiger partial charge in [-0.1, -0.05) is 31.5 Å². The number of hydrogen-bond donors (Lipinski definition) is 1. The number of hydrogen-bond acceptors (Lipinski definition) is 1. The van der Waals surface area contributed by atoms with Crippen molar-refractivity contribution in [2.24, 2.45) is 11.7 Å². The fraction of sp³-hybridized carbons (Fsp3) is 0.538. The lowest BCUT2D eigenvalue weighted by Gasteiger charge is -2.16. The molecule has 1 aromatic rings. The zero-order valence-electron chi connectivity index (χ0n) is 10.8. The second-order valence-corrected chi connectivity index (χ2v) is 5.22. The first kappa shape index (κ1) is 18.6. The van der Waals surface area contributed by atoms with Crippen molar-refractivity contribution in [2.75, 3.05) is 0 Å². The molecule has 110 valence electrons. The molecule has 0 radical (unpaired) electrons. The Bertz CT molecular complexity index is 405. The lowest BCUT2D eigenvalue weighted by atomic mass is 9.97. The second-order valence-electron chi connectivity index (χ2n) is 4.81. The molecular formula is C13H18Cl2F3N. The minimum atomic E-state index is -4.44. The number of benzene rings is 1. The van der Waals surface area contributed by atoms with Crippen molar-refractivity contribution < 1.29 is 13.2 Å². The van der Waals surface area contributed by atoms with Crippen LogP contribution in [0.4, 0.5) is 13.2 Å². The molecule has 1 atom stereocenters. The van der Waals surface area contributed by atoms with Crippen LogP contribution in [0.15, 0.2) is 18.2 Å². The Morgan fingerprint density at radius 3 is 2.26 bits per heavy atom. The molecular weight excluding hydrogens is 298 g/mol. The predicted molar refractivity (Wildman–Crippen MR) is 74.7 cm³/mol. The van der Waals surface area contributed by atoms with Gasteiger partial charge < -0.3 is 5.73 Å². The molecule has 0 heterocycles. The lowest BCUT2D eigenvalue weighted by Crippen LogP contribution is -2.13. The van der Waals surface area contributed by atoms with Crippen LogP contribution in [-0.4, -0.2) is 0 Å². The number of rotatable bonds is 4. The standard InChI is InChI=1S/C13H17ClF3N.ClH/c1-8(2)3-6-12(18)9-4-5-11(14)10(7-9)13(15,16)17;/h4-5,7-8,12H,3,6,18H2,1-2H3;1H/t12-;/m0./s1. The molecule has 0 aliphatic carbocycles. The minimum Gasteiger partial charge on any atom is -0.324 e. The highest BCUT2D eigenvalue weighted by molar-refractivity contribution is 6.31. The van der Waals surface area contributed by atoms with Gasteiger partial charge in [-0.15, -0.1) is 12.4 Å². The summed E-state index contributed by atoms with van der Waals surface area (Å²) in [7, 11) is 0. The molecule has 1 nitrogen and oxygen atoms in total. The van der Waals surface area contributed by atoms with Crippen molar-refractivity contribution in [2.45, 2.75) is 38.9 Å². The van der Waals surface area contributed by atoms with Crippen LogP contribution >= 0.6 is 24.0 Å². The third kappa shape index (κ3) is 5.59.